The first-order valence-electron chi connectivity index (χ1n) is 5.01. The summed E-state index contributed by atoms with van der Waals surface area (Å²) in [4.78, 5) is 2.39. The lowest BCUT2D eigenvalue weighted by Crippen LogP contribution is -2.31. The van der Waals surface area contributed by atoms with Crippen LogP contribution < -0.4 is 0 Å². The van der Waals surface area contributed by atoms with Crippen LogP contribution in [0.15, 0.2) is 0 Å². The zero-order valence-electron chi connectivity index (χ0n) is 8.29. The molecule has 0 aromatic heterocycles. The summed E-state index contributed by atoms with van der Waals surface area (Å²) in [6.07, 6.45) is 3.85. The van der Waals surface area contributed by atoms with Crippen molar-refractivity contribution in [1.82, 2.24) is 4.90 Å². The second-order valence-corrected chi connectivity index (χ2v) is 4.27. The molecule has 1 N–H and O–H groups in total. The summed E-state index contributed by atoms with van der Waals surface area (Å²) < 4.78 is 0. The van der Waals surface area contributed by atoms with E-state index in [2.05, 4.69) is 18.9 Å². The van der Waals surface area contributed by atoms with Gasteiger partial charge < -0.3 is 10.0 Å². The van der Waals surface area contributed by atoms with Gasteiger partial charge in [-0.05, 0) is 51.2 Å². The van der Waals surface area contributed by atoms with Crippen LogP contribution in [0.1, 0.15) is 26.2 Å². The molecule has 1 heterocycles. The number of nitrogens with zero attached hydrogens (tertiary/aromatic N) is 1. The molecule has 1 rings (SSSR count). The molecule has 0 spiro atoms. The van der Waals surface area contributed by atoms with E-state index in [4.69, 9.17) is 5.11 Å². The number of likely N-dealkylation sites (tertiary alicyclic amines) is 1. The van der Waals surface area contributed by atoms with Crippen LogP contribution >= 0.6 is 0 Å². The highest BCUT2D eigenvalue weighted by molar-refractivity contribution is 4.71. The normalized spacial score (nSPS) is 24.2. The van der Waals surface area contributed by atoms with Gasteiger partial charge in [-0.15, -0.1) is 0 Å². The summed E-state index contributed by atoms with van der Waals surface area (Å²) >= 11 is 0. The first-order valence-corrected chi connectivity index (χ1v) is 5.01. The third kappa shape index (κ3) is 3.11. The Bertz CT molecular complexity index is 119. The van der Waals surface area contributed by atoms with Gasteiger partial charge in [-0.3, -0.25) is 0 Å². The van der Waals surface area contributed by atoms with Crippen LogP contribution in [0, 0.1) is 11.8 Å². The minimum Gasteiger partial charge on any atom is -0.396 e. The van der Waals surface area contributed by atoms with Crippen molar-refractivity contribution in [2.24, 2.45) is 11.8 Å². The maximum absolute atomic E-state index is 8.91. The average Bonchev–Trinajstić information content (AvgIpc) is 2.09. The smallest absolute Gasteiger partial charge is 0.0456 e. The van der Waals surface area contributed by atoms with Crippen molar-refractivity contribution < 1.29 is 5.11 Å². The number of rotatable bonds is 3. The minimum absolute atomic E-state index is 0.354. The lowest BCUT2D eigenvalue weighted by molar-refractivity contribution is 0.166. The summed E-state index contributed by atoms with van der Waals surface area (Å²) in [5.74, 6) is 1.36. The Kier molecular flexibility index (Phi) is 4.02. The van der Waals surface area contributed by atoms with Crippen LogP contribution in [0.2, 0.25) is 0 Å². The molecule has 0 aliphatic carbocycles. The number of piperidine rings is 1. The lowest BCUT2D eigenvalue weighted by atomic mass is 9.88. The van der Waals surface area contributed by atoms with Crippen LogP contribution in [0.5, 0.6) is 0 Å². The van der Waals surface area contributed by atoms with Gasteiger partial charge >= 0.3 is 0 Å². The van der Waals surface area contributed by atoms with Gasteiger partial charge in [0, 0.05) is 6.61 Å². The van der Waals surface area contributed by atoms with E-state index in [0.717, 1.165) is 5.92 Å². The standard InChI is InChI=1S/C10H21NO/c1-9(8-12)7-10-3-5-11(2)6-4-10/h9-10,12H,3-8H2,1-2H3/t9-/m0/s1. The predicted octanol–water partition coefficient (Wildman–Crippen LogP) is 1.35. The Balaban J connectivity index is 2.17. The van der Waals surface area contributed by atoms with Gasteiger partial charge in [0.05, 0.1) is 0 Å². The van der Waals surface area contributed by atoms with E-state index in [1.54, 1.807) is 0 Å². The van der Waals surface area contributed by atoms with Crippen LogP contribution in [-0.4, -0.2) is 36.8 Å². The summed E-state index contributed by atoms with van der Waals surface area (Å²) in [6.45, 7) is 4.97. The Morgan fingerprint density at radius 3 is 2.50 bits per heavy atom. The monoisotopic (exact) mass is 171 g/mol. The SMILES string of the molecule is C[C@H](CO)CC1CCN(C)CC1. The van der Waals surface area contributed by atoms with Gasteiger partial charge in [-0.1, -0.05) is 6.92 Å². The molecule has 1 saturated heterocycles. The highest BCUT2D eigenvalue weighted by atomic mass is 16.3. The zero-order chi connectivity index (χ0) is 8.97. The lowest BCUT2D eigenvalue weighted by Gasteiger charge is -2.30. The van der Waals surface area contributed by atoms with E-state index in [1.165, 1.54) is 32.4 Å². The maximum atomic E-state index is 8.91. The van der Waals surface area contributed by atoms with E-state index in [-0.39, 0.29) is 0 Å². The Hall–Kier alpha value is -0.0800. The zero-order valence-corrected chi connectivity index (χ0v) is 8.29. The number of aliphatic hydroxyl groups is 1. The maximum Gasteiger partial charge on any atom is 0.0456 e. The fourth-order valence-electron chi connectivity index (χ4n) is 1.94. The molecule has 0 aromatic carbocycles. The summed E-state index contributed by atoms with van der Waals surface area (Å²) in [5.41, 5.74) is 0. The fraction of sp³-hybridized carbons (Fsp3) is 1.00. The third-order valence-corrected chi connectivity index (χ3v) is 2.89. The van der Waals surface area contributed by atoms with Crippen LogP contribution in [-0.2, 0) is 0 Å². The molecule has 1 aliphatic rings. The van der Waals surface area contributed by atoms with Crippen LogP contribution in [0.3, 0.4) is 0 Å². The first kappa shape index (κ1) is 10.0. The number of hydrogen-bond acceptors (Lipinski definition) is 2. The van der Waals surface area contributed by atoms with Crippen molar-refractivity contribution >= 4 is 0 Å². The Morgan fingerprint density at radius 1 is 1.42 bits per heavy atom. The predicted molar refractivity (Wildman–Crippen MR) is 51.1 cm³/mol. The quantitative estimate of drug-likeness (QED) is 0.693. The second-order valence-electron chi connectivity index (χ2n) is 4.27. The molecular weight excluding hydrogens is 150 g/mol. The molecule has 0 bridgehead atoms. The van der Waals surface area contributed by atoms with Gasteiger partial charge in [-0.25, -0.2) is 0 Å². The summed E-state index contributed by atoms with van der Waals surface area (Å²) in [5, 5.41) is 8.91. The van der Waals surface area contributed by atoms with Crippen LogP contribution in [0.4, 0.5) is 0 Å². The Labute approximate surface area is 75.6 Å². The molecule has 0 saturated carbocycles. The molecule has 1 aliphatic heterocycles. The van der Waals surface area contributed by atoms with E-state index in [9.17, 15) is 0 Å². The van der Waals surface area contributed by atoms with Crippen molar-refractivity contribution in [1.29, 1.82) is 0 Å². The van der Waals surface area contributed by atoms with Gasteiger partial charge in [-0.2, -0.15) is 0 Å². The number of hydrogen-bond donors (Lipinski definition) is 1. The van der Waals surface area contributed by atoms with Crippen molar-refractivity contribution in [2.75, 3.05) is 26.7 Å². The third-order valence-electron chi connectivity index (χ3n) is 2.89. The second kappa shape index (κ2) is 4.83. The highest BCUT2D eigenvalue weighted by Crippen LogP contribution is 2.22. The molecule has 1 atom stereocenters. The molecule has 12 heavy (non-hydrogen) atoms. The average molecular weight is 171 g/mol. The first-order chi connectivity index (χ1) is 5.72. The van der Waals surface area contributed by atoms with Gasteiger partial charge in [0.25, 0.3) is 0 Å². The van der Waals surface area contributed by atoms with Gasteiger partial charge in [0.1, 0.15) is 0 Å². The fourth-order valence-corrected chi connectivity index (χ4v) is 1.94. The molecule has 72 valence electrons. The van der Waals surface area contributed by atoms with Crippen molar-refractivity contribution in [3.63, 3.8) is 0 Å². The highest BCUT2D eigenvalue weighted by Gasteiger charge is 2.18. The molecule has 0 aromatic rings. The molecule has 0 amide bonds. The molecule has 1 fully saturated rings. The van der Waals surface area contributed by atoms with E-state index >= 15 is 0 Å². The van der Waals surface area contributed by atoms with Crippen LogP contribution in [0.25, 0.3) is 0 Å². The summed E-state index contributed by atoms with van der Waals surface area (Å²) in [7, 11) is 2.19. The molecule has 0 radical (unpaired) electrons. The Morgan fingerprint density at radius 2 is 2.00 bits per heavy atom. The van der Waals surface area contributed by atoms with Crippen molar-refractivity contribution in [3.05, 3.63) is 0 Å². The van der Waals surface area contributed by atoms with E-state index in [0.29, 0.717) is 12.5 Å². The largest absolute Gasteiger partial charge is 0.396 e. The summed E-state index contributed by atoms with van der Waals surface area (Å²) in [6, 6.07) is 0. The molecule has 2 nitrogen and oxygen atoms in total. The van der Waals surface area contributed by atoms with Crippen molar-refractivity contribution in [3.8, 4) is 0 Å². The molecule has 0 unspecified atom stereocenters. The topological polar surface area (TPSA) is 23.5 Å². The van der Waals surface area contributed by atoms with Gasteiger partial charge in [0.2, 0.25) is 0 Å². The van der Waals surface area contributed by atoms with Gasteiger partial charge in [0.15, 0.2) is 0 Å². The van der Waals surface area contributed by atoms with E-state index in [1.807, 2.05) is 0 Å². The molecular formula is C10H21NO. The van der Waals surface area contributed by atoms with E-state index < -0.39 is 0 Å². The number of aliphatic hydroxyl groups excluding tert-OH is 1. The minimum atomic E-state index is 0.354. The van der Waals surface area contributed by atoms with Crippen molar-refractivity contribution in [2.45, 2.75) is 26.2 Å². The molecule has 2 heteroatoms.